The minimum absolute atomic E-state index is 0.0850. The number of hydrogen-bond donors (Lipinski definition) is 0. The molecule has 0 aliphatic carbocycles. The van der Waals surface area contributed by atoms with Gasteiger partial charge in [-0.05, 0) is 24.0 Å². The van der Waals surface area contributed by atoms with Gasteiger partial charge in [-0.2, -0.15) is 0 Å². The molecule has 2 aliphatic rings. The highest BCUT2D eigenvalue weighted by molar-refractivity contribution is 5.91. The Morgan fingerprint density at radius 2 is 1.72 bits per heavy atom. The highest BCUT2D eigenvalue weighted by Gasteiger charge is 2.25. The highest BCUT2D eigenvalue weighted by Crippen LogP contribution is 2.23. The first-order valence-corrected chi connectivity index (χ1v) is 8.79. The first-order valence-electron chi connectivity index (χ1n) is 8.79. The van der Waals surface area contributed by atoms with E-state index < -0.39 is 0 Å². The summed E-state index contributed by atoms with van der Waals surface area (Å²) in [5.41, 5.74) is 2.43. The third-order valence-corrected chi connectivity index (χ3v) is 4.90. The second-order valence-electron chi connectivity index (χ2n) is 6.64. The van der Waals surface area contributed by atoms with Crippen molar-refractivity contribution in [1.82, 2.24) is 14.8 Å². The summed E-state index contributed by atoms with van der Waals surface area (Å²) in [6.45, 7) is 2.89. The molecule has 3 heterocycles. The molecule has 0 atom stereocenters. The zero-order chi connectivity index (χ0) is 17.2. The summed E-state index contributed by atoms with van der Waals surface area (Å²) in [7, 11) is 0. The number of aromatic nitrogens is 1. The zero-order valence-electron chi connectivity index (χ0n) is 14.1. The van der Waals surface area contributed by atoms with Gasteiger partial charge in [0.2, 0.25) is 11.7 Å². The molecule has 4 rings (SSSR count). The lowest BCUT2D eigenvalue weighted by Crippen LogP contribution is -2.27. The van der Waals surface area contributed by atoms with E-state index in [1.807, 2.05) is 17.0 Å². The molecular weight excluding hydrogens is 318 g/mol. The quantitative estimate of drug-likeness (QED) is 0.858. The number of oxazole rings is 1. The van der Waals surface area contributed by atoms with Crippen molar-refractivity contribution < 1.29 is 14.0 Å². The van der Waals surface area contributed by atoms with Crippen LogP contribution < -0.4 is 0 Å². The number of carbonyl (C=O) groups excluding carboxylic acids is 2. The summed E-state index contributed by atoms with van der Waals surface area (Å²) in [6.07, 6.45) is 4.32. The van der Waals surface area contributed by atoms with Crippen LogP contribution in [-0.2, 0) is 24.3 Å². The van der Waals surface area contributed by atoms with Gasteiger partial charge in [-0.25, -0.2) is 4.98 Å². The largest absolute Gasteiger partial charge is 0.436 e. The number of amides is 2. The summed E-state index contributed by atoms with van der Waals surface area (Å²) in [4.78, 5) is 32.5. The van der Waals surface area contributed by atoms with Crippen molar-refractivity contribution in [3.05, 3.63) is 53.2 Å². The lowest BCUT2D eigenvalue weighted by atomic mass is 10.1. The van der Waals surface area contributed by atoms with Crippen LogP contribution in [0.5, 0.6) is 0 Å². The summed E-state index contributed by atoms with van der Waals surface area (Å²) < 4.78 is 5.56. The Kier molecular flexibility index (Phi) is 4.26. The Bertz CT molecular complexity index is 768. The average Bonchev–Trinajstić information content (AvgIpc) is 3.39. The maximum Gasteiger partial charge on any atom is 0.291 e. The van der Waals surface area contributed by atoms with Gasteiger partial charge in [0.25, 0.3) is 5.91 Å². The number of likely N-dealkylation sites (tertiary alicyclic amines) is 1. The molecule has 0 spiro atoms. The number of nitrogens with zero attached hydrogens (tertiary/aromatic N) is 3. The van der Waals surface area contributed by atoms with Crippen molar-refractivity contribution in [2.75, 3.05) is 13.1 Å². The number of carbonyl (C=O) groups is 2. The molecule has 1 saturated heterocycles. The molecule has 25 heavy (non-hydrogen) atoms. The average molecular weight is 339 g/mol. The summed E-state index contributed by atoms with van der Waals surface area (Å²) in [6, 6.07) is 8.12. The molecule has 6 heteroatoms. The maximum atomic E-state index is 12.4. The Morgan fingerprint density at radius 1 is 1.04 bits per heavy atom. The second kappa shape index (κ2) is 6.70. The van der Waals surface area contributed by atoms with E-state index in [9.17, 15) is 9.59 Å². The van der Waals surface area contributed by atoms with E-state index in [1.165, 1.54) is 17.3 Å². The Labute approximate surface area is 146 Å². The fraction of sp³-hybridized carbons (Fsp3) is 0.421. The van der Waals surface area contributed by atoms with Gasteiger partial charge in [0, 0.05) is 39.0 Å². The van der Waals surface area contributed by atoms with Gasteiger partial charge in [-0.3, -0.25) is 9.59 Å². The van der Waals surface area contributed by atoms with Gasteiger partial charge in [-0.15, -0.1) is 0 Å². The van der Waals surface area contributed by atoms with Crippen molar-refractivity contribution in [3.8, 4) is 0 Å². The van der Waals surface area contributed by atoms with Crippen molar-refractivity contribution in [2.45, 2.75) is 38.8 Å². The van der Waals surface area contributed by atoms with Crippen LogP contribution in [0.1, 0.15) is 46.8 Å². The normalized spacial score (nSPS) is 16.3. The summed E-state index contributed by atoms with van der Waals surface area (Å²) in [5, 5.41) is 0. The lowest BCUT2D eigenvalue weighted by molar-refractivity contribution is -0.131. The summed E-state index contributed by atoms with van der Waals surface area (Å²) >= 11 is 0. The van der Waals surface area contributed by atoms with Gasteiger partial charge in [0.05, 0.1) is 6.20 Å². The molecule has 130 valence electrons. The van der Waals surface area contributed by atoms with Crippen LogP contribution in [0, 0.1) is 0 Å². The Morgan fingerprint density at radius 3 is 2.40 bits per heavy atom. The van der Waals surface area contributed by atoms with Crippen LogP contribution in [0.4, 0.5) is 0 Å². The molecule has 0 unspecified atom stereocenters. The first kappa shape index (κ1) is 15.9. The van der Waals surface area contributed by atoms with E-state index in [4.69, 9.17) is 4.42 Å². The second-order valence-corrected chi connectivity index (χ2v) is 6.64. The van der Waals surface area contributed by atoms with E-state index in [1.54, 1.807) is 4.90 Å². The molecule has 6 nitrogen and oxygen atoms in total. The van der Waals surface area contributed by atoms with E-state index >= 15 is 0 Å². The molecule has 1 fully saturated rings. The highest BCUT2D eigenvalue weighted by atomic mass is 16.4. The SMILES string of the molecule is O=C(CCc1ncc(C(=O)N2CCCC2)o1)N1Cc2ccccc2C1. The van der Waals surface area contributed by atoms with E-state index in [0.717, 1.165) is 25.9 Å². The van der Waals surface area contributed by atoms with Gasteiger partial charge in [0.1, 0.15) is 0 Å². The predicted octanol–water partition coefficient (Wildman–Crippen LogP) is 2.39. The van der Waals surface area contributed by atoms with Gasteiger partial charge in [-0.1, -0.05) is 24.3 Å². The number of hydrogen-bond acceptors (Lipinski definition) is 4. The van der Waals surface area contributed by atoms with Crippen LogP contribution >= 0.6 is 0 Å². The maximum absolute atomic E-state index is 12.4. The Balaban J connectivity index is 1.32. The topological polar surface area (TPSA) is 66.7 Å². The van der Waals surface area contributed by atoms with Crippen LogP contribution in [0.15, 0.2) is 34.9 Å². The standard InChI is InChI=1S/C19H21N3O3/c23-18(22-12-14-5-1-2-6-15(14)13-22)8-7-17-20-11-16(25-17)19(24)21-9-3-4-10-21/h1-2,5-6,11H,3-4,7-10,12-13H2. The van der Waals surface area contributed by atoms with Gasteiger partial charge in [0.15, 0.2) is 5.89 Å². The molecule has 2 amide bonds. The molecule has 0 bridgehead atoms. The molecule has 1 aromatic heterocycles. The van der Waals surface area contributed by atoms with Crippen molar-refractivity contribution in [1.29, 1.82) is 0 Å². The van der Waals surface area contributed by atoms with Gasteiger partial charge >= 0.3 is 0 Å². The predicted molar refractivity (Wildman–Crippen MR) is 90.7 cm³/mol. The molecule has 1 aromatic carbocycles. The van der Waals surface area contributed by atoms with E-state index in [2.05, 4.69) is 17.1 Å². The molecule has 2 aliphatic heterocycles. The smallest absolute Gasteiger partial charge is 0.291 e. The minimum Gasteiger partial charge on any atom is -0.436 e. The van der Waals surface area contributed by atoms with Crippen LogP contribution in [0.2, 0.25) is 0 Å². The van der Waals surface area contributed by atoms with E-state index in [-0.39, 0.29) is 17.6 Å². The number of fused-ring (bicyclic) bond motifs is 1. The van der Waals surface area contributed by atoms with Gasteiger partial charge < -0.3 is 14.2 Å². The molecule has 0 saturated carbocycles. The fourth-order valence-corrected chi connectivity index (χ4v) is 3.48. The molecule has 2 aromatic rings. The van der Waals surface area contributed by atoms with E-state index in [0.29, 0.717) is 31.8 Å². The minimum atomic E-state index is -0.0995. The van der Waals surface area contributed by atoms with Crippen molar-refractivity contribution in [2.24, 2.45) is 0 Å². The lowest BCUT2D eigenvalue weighted by Gasteiger charge is -2.14. The molecule has 0 N–H and O–H groups in total. The molecule has 0 radical (unpaired) electrons. The van der Waals surface area contributed by atoms with Crippen molar-refractivity contribution >= 4 is 11.8 Å². The van der Waals surface area contributed by atoms with Crippen LogP contribution in [0.3, 0.4) is 0 Å². The van der Waals surface area contributed by atoms with Crippen LogP contribution in [0.25, 0.3) is 0 Å². The Hall–Kier alpha value is -2.63. The van der Waals surface area contributed by atoms with Crippen molar-refractivity contribution in [3.63, 3.8) is 0 Å². The fourth-order valence-electron chi connectivity index (χ4n) is 3.48. The number of aryl methyl sites for hydroxylation is 1. The zero-order valence-corrected chi connectivity index (χ0v) is 14.1. The monoisotopic (exact) mass is 339 g/mol. The molecular formula is C19H21N3O3. The number of benzene rings is 1. The van der Waals surface area contributed by atoms with Crippen LogP contribution in [-0.4, -0.2) is 39.7 Å². The number of rotatable bonds is 4. The first-order chi connectivity index (χ1) is 12.2. The third kappa shape index (κ3) is 3.29. The summed E-state index contributed by atoms with van der Waals surface area (Å²) in [5.74, 6) is 0.713. The third-order valence-electron chi connectivity index (χ3n) is 4.90.